The molecule has 0 aliphatic carbocycles. The Bertz CT molecular complexity index is 546. The number of hydrogen-bond donors (Lipinski definition) is 0. The van der Waals surface area contributed by atoms with Crippen LogP contribution in [0, 0.1) is 0 Å². The molecule has 3 rings (SSSR count). The van der Waals surface area contributed by atoms with Gasteiger partial charge in [0.2, 0.25) is 0 Å². The Morgan fingerprint density at radius 3 is 2.80 bits per heavy atom. The van der Waals surface area contributed by atoms with Gasteiger partial charge in [0.05, 0.1) is 13.7 Å². The molecule has 1 saturated heterocycles. The van der Waals surface area contributed by atoms with Crippen LogP contribution in [0.1, 0.15) is 19.4 Å². The second-order valence-corrected chi connectivity index (χ2v) is 5.93. The molecule has 0 saturated carbocycles. The molecular weight excluding hydrogens is 280 g/mol. The van der Waals surface area contributed by atoms with E-state index in [0.717, 1.165) is 5.56 Å². The monoisotopic (exact) mass is 296 g/mol. The summed E-state index contributed by atoms with van der Waals surface area (Å²) in [5.74, 6) is -0.528. The molecular formula is C14H16O5S. The Hall–Kier alpha value is -1.37. The number of esters is 1. The molecule has 0 aromatic carbocycles. The van der Waals surface area contributed by atoms with Crippen LogP contribution in [0.3, 0.4) is 0 Å². The zero-order valence-electron chi connectivity index (χ0n) is 11.5. The third-order valence-corrected chi connectivity index (χ3v) is 4.02. The lowest BCUT2D eigenvalue weighted by Gasteiger charge is -2.21. The van der Waals surface area contributed by atoms with Gasteiger partial charge in [-0.3, -0.25) is 0 Å². The minimum atomic E-state index is -0.666. The predicted molar refractivity (Wildman–Crippen MR) is 73.0 cm³/mol. The summed E-state index contributed by atoms with van der Waals surface area (Å²) in [6, 6.07) is 1.87. The SMILES string of the molecule is COC1=C(c2ccsc2)C(=O)O[C@@H]1[C@@H]1COC(C)(C)O1. The van der Waals surface area contributed by atoms with Gasteiger partial charge in [-0.2, -0.15) is 11.3 Å². The van der Waals surface area contributed by atoms with Gasteiger partial charge in [0.25, 0.3) is 0 Å². The molecule has 0 N–H and O–H groups in total. The molecule has 5 nitrogen and oxygen atoms in total. The van der Waals surface area contributed by atoms with E-state index in [0.29, 0.717) is 17.9 Å². The molecule has 2 aliphatic heterocycles. The van der Waals surface area contributed by atoms with E-state index in [1.54, 1.807) is 0 Å². The average Bonchev–Trinajstić information content (AvgIpc) is 3.07. The fourth-order valence-corrected chi connectivity index (χ4v) is 3.11. The van der Waals surface area contributed by atoms with Crippen LogP contribution in [0.25, 0.3) is 5.57 Å². The number of thiophene rings is 1. The maximum Gasteiger partial charge on any atom is 0.343 e. The topological polar surface area (TPSA) is 54.0 Å². The van der Waals surface area contributed by atoms with Gasteiger partial charge in [-0.1, -0.05) is 0 Å². The van der Waals surface area contributed by atoms with Crippen LogP contribution in [0.5, 0.6) is 0 Å². The van der Waals surface area contributed by atoms with Gasteiger partial charge in [-0.15, -0.1) is 0 Å². The van der Waals surface area contributed by atoms with E-state index in [1.165, 1.54) is 18.4 Å². The minimum absolute atomic E-state index is 0.347. The second kappa shape index (κ2) is 4.87. The maximum atomic E-state index is 12.1. The van der Waals surface area contributed by atoms with E-state index in [9.17, 15) is 4.79 Å². The summed E-state index contributed by atoms with van der Waals surface area (Å²) >= 11 is 1.52. The highest BCUT2D eigenvalue weighted by Crippen LogP contribution is 2.37. The molecule has 108 valence electrons. The van der Waals surface area contributed by atoms with Crippen molar-refractivity contribution in [2.75, 3.05) is 13.7 Å². The normalized spacial score (nSPS) is 28.9. The third kappa shape index (κ3) is 2.24. The fraction of sp³-hybridized carbons (Fsp3) is 0.500. The van der Waals surface area contributed by atoms with Crippen LogP contribution in [0.4, 0.5) is 0 Å². The first-order chi connectivity index (χ1) is 9.52. The number of carbonyl (C=O) groups is 1. The average molecular weight is 296 g/mol. The maximum absolute atomic E-state index is 12.1. The van der Waals surface area contributed by atoms with Crippen LogP contribution < -0.4 is 0 Å². The predicted octanol–water partition coefficient (Wildman–Crippen LogP) is 2.18. The lowest BCUT2D eigenvalue weighted by molar-refractivity contribution is -0.162. The first-order valence-corrected chi connectivity index (χ1v) is 7.29. The van der Waals surface area contributed by atoms with Crippen LogP contribution in [0.15, 0.2) is 22.6 Å². The first-order valence-electron chi connectivity index (χ1n) is 6.35. The largest absolute Gasteiger partial charge is 0.496 e. The molecule has 0 amide bonds. The summed E-state index contributed by atoms with van der Waals surface area (Å²) in [5, 5.41) is 3.81. The molecule has 3 heterocycles. The summed E-state index contributed by atoms with van der Waals surface area (Å²) in [6.07, 6.45) is -0.899. The van der Waals surface area contributed by atoms with Crippen molar-refractivity contribution in [2.24, 2.45) is 0 Å². The number of cyclic esters (lactones) is 1. The molecule has 2 atom stereocenters. The molecule has 1 aromatic heterocycles. The molecule has 0 spiro atoms. The van der Waals surface area contributed by atoms with Gasteiger partial charge in [-0.25, -0.2) is 4.79 Å². The third-order valence-electron chi connectivity index (χ3n) is 3.34. The molecule has 1 fully saturated rings. The molecule has 0 radical (unpaired) electrons. The van der Waals surface area contributed by atoms with E-state index in [-0.39, 0.29) is 12.1 Å². The Labute approximate surface area is 121 Å². The van der Waals surface area contributed by atoms with Crippen molar-refractivity contribution in [3.63, 3.8) is 0 Å². The van der Waals surface area contributed by atoms with Crippen molar-refractivity contribution < 1.29 is 23.7 Å². The highest BCUT2D eigenvalue weighted by Gasteiger charge is 2.47. The zero-order valence-corrected chi connectivity index (χ0v) is 12.4. The molecule has 20 heavy (non-hydrogen) atoms. The summed E-state index contributed by atoms with van der Waals surface area (Å²) in [4.78, 5) is 12.1. The quantitative estimate of drug-likeness (QED) is 0.800. The standard InChI is InChI=1S/C14H16O5S/c1-14(2)17-6-9(19-14)11-12(16-3)10(13(15)18-11)8-4-5-20-7-8/h4-5,7,9,11H,6H2,1-3H3/t9-,11+/m0/s1. The Kier molecular flexibility index (Phi) is 3.32. The van der Waals surface area contributed by atoms with Gasteiger partial charge in [0.1, 0.15) is 11.7 Å². The van der Waals surface area contributed by atoms with Gasteiger partial charge >= 0.3 is 5.97 Å². The summed E-state index contributed by atoms with van der Waals surface area (Å²) in [6.45, 7) is 4.04. The van der Waals surface area contributed by atoms with Crippen molar-refractivity contribution in [1.82, 2.24) is 0 Å². The van der Waals surface area contributed by atoms with E-state index in [4.69, 9.17) is 18.9 Å². The highest BCUT2D eigenvalue weighted by atomic mass is 32.1. The summed E-state index contributed by atoms with van der Waals surface area (Å²) < 4.78 is 22.2. The number of methoxy groups -OCH3 is 1. The number of hydrogen-bond acceptors (Lipinski definition) is 6. The second-order valence-electron chi connectivity index (χ2n) is 5.15. The van der Waals surface area contributed by atoms with Crippen LogP contribution in [-0.2, 0) is 23.7 Å². The summed E-state index contributed by atoms with van der Waals surface area (Å²) in [7, 11) is 1.54. The number of rotatable bonds is 3. The van der Waals surface area contributed by atoms with Gasteiger partial charge in [0.15, 0.2) is 17.7 Å². The van der Waals surface area contributed by atoms with Crippen molar-refractivity contribution >= 4 is 22.9 Å². The zero-order chi connectivity index (χ0) is 14.3. The molecule has 1 aromatic rings. The van der Waals surface area contributed by atoms with Crippen molar-refractivity contribution in [2.45, 2.75) is 31.8 Å². The summed E-state index contributed by atoms with van der Waals surface area (Å²) in [5.41, 5.74) is 1.30. The fourth-order valence-electron chi connectivity index (χ4n) is 2.46. The van der Waals surface area contributed by atoms with Gasteiger partial charge < -0.3 is 18.9 Å². The molecule has 0 bridgehead atoms. The number of ether oxygens (including phenoxy) is 4. The first kappa shape index (κ1) is 13.6. The smallest absolute Gasteiger partial charge is 0.343 e. The van der Waals surface area contributed by atoms with Crippen molar-refractivity contribution in [3.05, 3.63) is 28.1 Å². The van der Waals surface area contributed by atoms with Crippen LogP contribution in [0.2, 0.25) is 0 Å². The number of carbonyl (C=O) groups excluding carboxylic acids is 1. The van der Waals surface area contributed by atoms with Gasteiger partial charge in [-0.05, 0) is 30.7 Å². The van der Waals surface area contributed by atoms with E-state index >= 15 is 0 Å². The molecule has 6 heteroatoms. The van der Waals surface area contributed by atoms with E-state index in [1.807, 2.05) is 30.7 Å². The lowest BCUT2D eigenvalue weighted by Crippen LogP contribution is -2.33. The Morgan fingerprint density at radius 2 is 2.25 bits per heavy atom. The molecule has 2 aliphatic rings. The van der Waals surface area contributed by atoms with E-state index < -0.39 is 11.9 Å². The Morgan fingerprint density at radius 1 is 1.45 bits per heavy atom. The minimum Gasteiger partial charge on any atom is -0.496 e. The van der Waals surface area contributed by atoms with Crippen LogP contribution in [-0.4, -0.2) is 37.7 Å². The van der Waals surface area contributed by atoms with Gasteiger partial charge in [0, 0.05) is 5.56 Å². The molecule has 0 unspecified atom stereocenters. The highest BCUT2D eigenvalue weighted by molar-refractivity contribution is 7.08. The Balaban J connectivity index is 1.93. The lowest BCUT2D eigenvalue weighted by atomic mass is 10.1. The van der Waals surface area contributed by atoms with Crippen molar-refractivity contribution in [3.8, 4) is 0 Å². The van der Waals surface area contributed by atoms with E-state index in [2.05, 4.69) is 0 Å². The van der Waals surface area contributed by atoms with Crippen LogP contribution >= 0.6 is 11.3 Å². The van der Waals surface area contributed by atoms with Crippen molar-refractivity contribution in [1.29, 1.82) is 0 Å².